The van der Waals surface area contributed by atoms with E-state index in [1.54, 1.807) is 18.2 Å². The van der Waals surface area contributed by atoms with Gasteiger partial charge < -0.3 is 14.6 Å². The molecule has 31 heavy (non-hydrogen) atoms. The molecule has 1 heterocycles. The number of amides is 1. The number of benzene rings is 3. The van der Waals surface area contributed by atoms with Crippen LogP contribution < -0.4 is 10.1 Å². The first-order valence-corrected chi connectivity index (χ1v) is 9.82. The predicted octanol–water partition coefficient (Wildman–Crippen LogP) is 5.23. The van der Waals surface area contributed by atoms with Crippen LogP contribution in [0.2, 0.25) is 0 Å². The summed E-state index contributed by atoms with van der Waals surface area (Å²) in [6.07, 6.45) is 3.67. The molecule has 1 amide bonds. The third kappa shape index (κ3) is 5.67. The fourth-order valence-electron chi connectivity index (χ4n) is 2.86. The normalized spacial score (nSPS) is 10.9. The molecule has 154 valence electrons. The SMILES string of the molecule is Cc1ccc(NC(=O)COc2cccc(-c3noc(/C=C/c4ccccc4)n3)c2)cc1. The molecular formula is C25H21N3O3. The zero-order chi connectivity index (χ0) is 21.5. The van der Waals surface area contributed by atoms with Crippen LogP contribution in [-0.2, 0) is 4.79 Å². The van der Waals surface area contributed by atoms with Crippen LogP contribution in [-0.4, -0.2) is 22.7 Å². The second kappa shape index (κ2) is 9.54. The number of nitrogens with zero attached hydrogens (tertiary/aromatic N) is 2. The van der Waals surface area contributed by atoms with Crippen molar-refractivity contribution in [2.75, 3.05) is 11.9 Å². The fourth-order valence-corrected chi connectivity index (χ4v) is 2.86. The molecule has 0 aliphatic heterocycles. The number of aryl methyl sites for hydroxylation is 1. The van der Waals surface area contributed by atoms with E-state index in [1.807, 2.05) is 79.7 Å². The Kier molecular flexibility index (Phi) is 6.18. The Hall–Kier alpha value is -4.19. The molecular weight excluding hydrogens is 390 g/mol. The second-order valence-electron chi connectivity index (χ2n) is 6.93. The molecule has 0 saturated carbocycles. The number of carbonyl (C=O) groups is 1. The number of nitrogens with one attached hydrogen (secondary N) is 1. The average molecular weight is 411 g/mol. The van der Waals surface area contributed by atoms with Crippen LogP contribution in [0.3, 0.4) is 0 Å². The van der Waals surface area contributed by atoms with Gasteiger partial charge >= 0.3 is 0 Å². The topological polar surface area (TPSA) is 77.2 Å². The minimum atomic E-state index is -0.234. The maximum absolute atomic E-state index is 12.1. The van der Waals surface area contributed by atoms with Crippen molar-refractivity contribution >= 4 is 23.7 Å². The number of ether oxygens (including phenoxy) is 1. The van der Waals surface area contributed by atoms with Gasteiger partial charge in [0.1, 0.15) is 5.75 Å². The smallest absolute Gasteiger partial charge is 0.262 e. The lowest BCUT2D eigenvalue weighted by Crippen LogP contribution is -2.20. The standard InChI is InChI=1S/C25H21N3O3/c1-18-10-13-21(14-11-18)26-23(29)17-30-22-9-5-8-20(16-22)25-27-24(31-28-25)15-12-19-6-3-2-4-7-19/h2-16H,17H2,1H3,(H,26,29)/b15-12+. The zero-order valence-corrected chi connectivity index (χ0v) is 17.0. The van der Waals surface area contributed by atoms with E-state index >= 15 is 0 Å². The van der Waals surface area contributed by atoms with Crippen molar-refractivity contribution in [1.29, 1.82) is 0 Å². The number of anilines is 1. The Labute approximate surface area is 180 Å². The summed E-state index contributed by atoms with van der Waals surface area (Å²) in [6, 6.07) is 24.7. The molecule has 1 aromatic heterocycles. The van der Waals surface area contributed by atoms with Gasteiger partial charge in [0, 0.05) is 17.3 Å². The van der Waals surface area contributed by atoms with Gasteiger partial charge in [0.15, 0.2) is 6.61 Å². The molecule has 0 bridgehead atoms. The van der Waals surface area contributed by atoms with E-state index in [2.05, 4.69) is 15.5 Å². The van der Waals surface area contributed by atoms with Gasteiger partial charge in [-0.25, -0.2) is 0 Å². The predicted molar refractivity (Wildman–Crippen MR) is 120 cm³/mol. The number of aromatic nitrogens is 2. The number of rotatable bonds is 7. The summed E-state index contributed by atoms with van der Waals surface area (Å²) in [5, 5.41) is 6.83. The second-order valence-corrected chi connectivity index (χ2v) is 6.93. The van der Waals surface area contributed by atoms with Crippen molar-refractivity contribution in [3.05, 3.63) is 95.9 Å². The lowest BCUT2D eigenvalue weighted by molar-refractivity contribution is -0.118. The van der Waals surface area contributed by atoms with E-state index in [-0.39, 0.29) is 12.5 Å². The molecule has 4 aromatic rings. The average Bonchev–Trinajstić information content (AvgIpc) is 3.28. The van der Waals surface area contributed by atoms with Crippen LogP contribution in [0.4, 0.5) is 5.69 Å². The summed E-state index contributed by atoms with van der Waals surface area (Å²) in [6.45, 7) is 1.89. The highest BCUT2D eigenvalue weighted by molar-refractivity contribution is 5.91. The summed E-state index contributed by atoms with van der Waals surface area (Å²) in [4.78, 5) is 16.5. The number of carbonyl (C=O) groups excluding carboxylic acids is 1. The van der Waals surface area contributed by atoms with Crippen molar-refractivity contribution in [3.8, 4) is 17.1 Å². The highest BCUT2D eigenvalue weighted by Gasteiger charge is 2.09. The van der Waals surface area contributed by atoms with Gasteiger partial charge in [0.25, 0.3) is 11.8 Å². The Morgan fingerprint density at radius 2 is 1.81 bits per heavy atom. The minimum Gasteiger partial charge on any atom is -0.484 e. The molecule has 6 heteroatoms. The maximum Gasteiger partial charge on any atom is 0.262 e. The minimum absolute atomic E-state index is 0.103. The number of hydrogen-bond acceptors (Lipinski definition) is 5. The lowest BCUT2D eigenvalue weighted by Gasteiger charge is -2.08. The van der Waals surface area contributed by atoms with Crippen molar-refractivity contribution < 1.29 is 14.1 Å². The molecule has 0 radical (unpaired) electrons. The van der Waals surface area contributed by atoms with Crippen LogP contribution in [0, 0.1) is 6.92 Å². The molecule has 0 aliphatic rings. The fraction of sp³-hybridized carbons (Fsp3) is 0.0800. The van der Waals surface area contributed by atoms with Crippen LogP contribution in [0.1, 0.15) is 17.0 Å². The highest BCUT2D eigenvalue weighted by Crippen LogP contribution is 2.22. The Morgan fingerprint density at radius 1 is 1.00 bits per heavy atom. The summed E-state index contributed by atoms with van der Waals surface area (Å²) >= 11 is 0. The van der Waals surface area contributed by atoms with Crippen molar-refractivity contribution in [2.45, 2.75) is 6.92 Å². The quantitative estimate of drug-likeness (QED) is 0.450. The zero-order valence-electron chi connectivity index (χ0n) is 17.0. The van der Waals surface area contributed by atoms with Gasteiger partial charge in [-0.05, 0) is 42.8 Å². The molecule has 6 nitrogen and oxygen atoms in total. The molecule has 0 atom stereocenters. The van der Waals surface area contributed by atoms with E-state index in [1.165, 1.54) is 0 Å². The summed E-state index contributed by atoms with van der Waals surface area (Å²) in [5.41, 5.74) is 3.64. The van der Waals surface area contributed by atoms with Crippen molar-refractivity contribution in [3.63, 3.8) is 0 Å². The molecule has 1 N–H and O–H groups in total. The van der Waals surface area contributed by atoms with E-state index in [0.29, 0.717) is 17.5 Å². The highest BCUT2D eigenvalue weighted by atomic mass is 16.5. The van der Waals surface area contributed by atoms with Gasteiger partial charge in [-0.15, -0.1) is 0 Å². The first-order valence-electron chi connectivity index (χ1n) is 9.82. The summed E-state index contributed by atoms with van der Waals surface area (Å²) < 4.78 is 10.9. The third-order valence-corrected chi connectivity index (χ3v) is 4.46. The van der Waals surface area contributed by atoms with Crippen LogP contribution in [0.5, 0.6) is 5.75 Å². The van der Waals surface area contributed by atoms with Gasteiger partial charge in [-0.3, -0.25) is 4.79 Å². The van der Waals surface area contributed by atoms with Crippen LogP contribution in [0.15, 0.2) is 83.4 Å². The Morgan fingerprint density at radius 3 is 2.61 bits per heavy atom. The number of hydrogen-bond donors (Lipinski definition) is 1. The van der Waals surface area contributed by atoms with Gasteiger partial charge in [0.2, 0.25) is 5.82 Å². The first kappa shape index (κ1) is 20.1. The molecule has 0 fully saturated rings. The third-order valence-electron chi connectivity index (χ3n) is 4.46. The van der Waals surface area contributed by atoms with Gasteiger partial charge in [0.05, 0.1) is 0 Å². The molecule has 0 saturated heterocycles. The van der Waals surface area contributed by atoms with E-state index in [9.17, 15) is 4.79 Å². The van der Waals surface area contributed by atoms with Crippen molar-refractivity contribution in [1.82, 2.24) is 10.1 Å². The Bertz CT molecular complexity index is 1180. The Balaban J connectivity index is 1.37. The first-order chi connectivity index (χ1) is 15.2. The molecule has 0 spiro atoms. The molecule has 0 unspecified atom stereocenters. The largest absolute Gasteiger partial charge is 0.484 e. The van der Waals surface area contributed by atoms with Crippen LogP contribution >= 0.6 is 0 Å². The lowest BCUT2D eigenvalue weighted by atomic mass is 10.2. The van der Waals surface area contributed by atoms with Crippen molar-refractivity contribution in [2.24, 2.45) is 0 Å². The molecule has 4 rings (SSSR count). The molecule has 0 aliphatic carbocycles. The maximum atomic E-state index is 12.1. The van der Waals surface area contributed by atoms with Crippen LogP contribution in [0.25, 0.3) is 23.5 Å². The van der Waals surface area contributed by atoms with Gasteiger partial charge in [-0.2, -0.15) is 4.98 Å². The van der Waals surface area contributed by atoms with E-state index in [4.69, 9.17) is 9.26 Å². The summed E-state index contributed by atoms with van der Waals surface area (Å²) in [5.74, 6) is 1.16. The van der Waals surface area contributed by atoms with E-state index in [0.717, 1.165) is 22.4 Å². The summed E-state index contributed by atoms with van der Waals surface area (Å²) in [7, 11) is 0. The molecule has 3 aromatic carbocycles. The van der Waals surface area contributed by atoms with Gasteiger partial charge in [-0.1, -0.05) is 65.3 Å². The van der Waals surface area contributed by atoms with E-state index < -0.39 is 0 Å². The monoisotopic (exact) mass is 411 g/mol.